The summed E-state index contributed by atoms with van der Waals surface area (Å²) < 4.78 is 5.14. The van der Waals surface area contributed by atoms with Gasteiger partial charge in [0.1, 0.15) is 5.76 Å². The van der Waals surface area contributed by atoms with Crippen molar-refractivity contribution in [3.63, 3.8) is 0 Å². The van der Waals surface area contributed by atoms with Crippen LogP contribution in [0.3, 0.4) is 0 Å². The van der Waals surface area contributed by atoms with E-state index in [0.717, 1.165) is 17.7 Å². The van der Waals surface area contributed by atoms with Crippen LogP contribution in [0.15, 0.2) is 40.3 Å². The number of hydrogen-bond donors (Lipinski definition) is 1. The monoisotopic (exact) mass is 401 g/mol. The first-order valence-corrected chi connectivity index (χ1v) is 9.66. The molecule has 1 aromatic carbocycles. The average Bonchev–Trinajstić information content (AvgIpc) is 3.35. The van der Waals surface area contributed by atoms with Gasteiger partial charge in [0.2, 0.25) is 5.91 Å². The fourth-order valence-corrected chi connectivity index (χ4v) is 4.10. The van der Waals surface area contributed by atoms with Crippen LogP contribution in [0.5, 0.6) is 0 Å². The summed E-state index contributed by atoms with van der Waals surface area (Å²) in [7, 11) is 0. The lowest BCUT2D eigenvalue weighted by Gasteiger charge is -2.16. The van der Waals surface area contributed by atoms with Gasteiger partial charge in [0.25, 0.3) is 5.91 Å². The molecule has 0 atom stereocenters. The quantitative estimate of drug-likeness (QED) is 0.714. The fraction of sp³-hybridized carbons (Fsp3) is 0.211. The summed E-state index contributed by atoms with van der Waals surface area (Å²) >= 11 is 7.50. The van der Waals surface area contributed by atoms with Crippen LogP contribution in [0.2, 0.25) is 5.02 Å². The predicted octanol–water partition coefficient (Wildman–Crippen LogP) is 4.08. The number of carbonyl (C=O) groups is 2. The highest BCUT2D eigenvalue weighted by Gasteiger charge is 2.26. The molecule has 138 valence electrons. The van der Waals surface area contributed by atoms with Gasteiger partial charge in [-0.25, -0.2) is 4.98 Å². The lowest BCUT2D eigenvalue weighted by Crippen LogP contribution is -2.30. The van der Waals surface area contributed by atoms with Crippen LogP contribution in [0.1, 0.15) is 27.4 Å². The van der Waals surface area contributed by atoms with Gasteiger partial charge < -0.3 is 9.32 Å². The zero-order chi connectivity index (χ0) is 19.0. The van der Waals surface area contributed by atoms with Gasteiger partial charge in [-0.2, -0.15) is 0 Å². The highest BCUT2D eigenvalue weighted by molar-refractivity contribution is 7.14. The Morgan fingerprint density at radius 2 is 2.22 bits per heavy atom. The molecule has 2 aromatic heterocycles. The van der Waals surface area contributed by atoms with E-state index in [1.165, 1.54) is 17.6 Å². The molecule has 0 aliphatic carbocycles. The Bertz CT molecular complexity index is 1030. The van der Waals surface area contributed by atoms with Gasteiger partial charge in [-0.1, -0.05) is 17.7 Å². The van der Waals surface area contributed by atoms with E-state index in [9.17, 15) is 9.59 Å². The lowest BCUT2D eigenvalue weighted by atomic mass is 10.2. The van der Waals surface area contributed by atoms with Crippen LogP contribution >= 0.6 is 22.9 Å². The van der Waals surface area contributed by atoms with Crippen molar-refractivity contribution in [2.75, 3.05) is 16.8 Å². The minimum absolute atomic E-state index is 0.0372. The Hall–Kier alpha value is -2.64. The van der Waals surface area contributed by atoms with E-state index in [1.807, 2.05) is 18.2 Å². The number of carbonyl (C=O) groups excluding carboxylic acids is 2. The van der Waals surface area contributed by atoms with Crippen LogP contribution in [-0.2, 0) is 17.6 Å². The molecule has 1 aliphatic heterocycles. The molecule has 1 aliphatic rings. The molecule has 0 unspecified atom stereocenters. The van der Waals surface area contributed by atoms with Gasteiger partial charge in [-0.15, -0.1) is 11.3 Å². The second-order valence-electron chi connectivity index (χ2n) is 6.20. The third-order valence-electron chi connectivity index (χ3n) is 4.48. The van der Waals surface area contributed by atoms with Crippen molar-refractivity contribution in [1.82, 2.24) is 4.98 Å². The Morgan fingerprint density at radius 3 is 3.00 bits per heavy atom. The van der Waals surface area contributed by atoms with Crippen LogP contribution in [0.25, 0.3) is 0 Å². The molecule has 2 amide bonds. The van der Waals surface area contributed by atoms with E-state index in [0.29, 0.717) is 33.7 Å². The SMILES string of the molecule is Cc1occc1C(=O)Nc1nc(CC(=O)N2CCc3c(Cl)cccc32)cs1. The van der Waals surface area contributed by atoms with Crippen LogP contribution in [0.4, 0.5) is 10.8 Å². The standard InChI is InChI=1S/C19H16ClN3O3S/c1-11-13(6-8-26-11)18(25)22-19-21-12(10-27-19)9-17(24)23-7-5-14-15(20)3-2-4-16(14)23/h2-4,6,8,10H,5,7,9H2,1H3,(H,21,22,25). The number of hydrogen-bond acceptors (Lipinski definition) is 5. The minimum atomic E-state index is -0.281. The molecular weight excluding hydrogens is 386 g/mol. The number of thiazole rings is 1. The van der Waals surface area contributed by atoms with Gasteiger partial charge in [0.15, 0.2) is 5.13 Å². The summed E-state index contributed by atoms with van der Waals surface area (Å²) in [4.78, 5) is 31.0. The van der Waals surface area contributed by atoms with Gasteiger partial charge in [-0.05, 0) is 37.1 Å². The number of anilines is 2. The Labute approximate surface area is 164 Å². The maximum Gasteiger partial charge on any atom is 0.260 e. The third-order valence-corrected chi connectivity index (χ3v) is 5.64. The Balaban J connectivity index is 1.43. The molecule has 3 aromatic rings. The van der Waals surface area contributed by atoms with Crippen molar-refractivity contribution < 1.29 is 14.0 Å². The molecule has 0 fully saturated rings. The summed E-state index contributed by atoms with van der Waals surface area (Å²) in [6, 6.07) is 7.21. The zero-order valence-corrected chi connectivity index (χ0v) is 16.1. The summed E-state index contributed by atoms with van der Waals surface area (Å²) in [5.41, 5.74) is 2.97. The first kappa shape index (κ1) is 17.8. The molecular formula is C19H16ClN3O3S. The zero-order valence-electron chi connectivity index (χ0n) is 14.5. The summed E-state index contributed by atoms with van der Waals surface area (Å²) in [6.45, 7) is 2.34. The Kier molecular flexibility index (Phi) is 4.72. The normalized spacial score (nSPS) is 12.9. The van der Waals surface area contributed by atoms with E-state index in [2.05, 4.69) is 10.3 Å². The number of aryl methyl sites for hydroxylation is 1. The topological polar surface area (TPSA) is 75.4 Å². The molecule has 0 bridgehead atoms. The first-order valence-electron chi connectivity index (χ1n) is 8.40. The molecule has 6 nitrogen and oxygen atoms in total. The van der Waals surface area contributed by atoms with Crippen LogP contribution < -0.4 is 10.2 Å². The number of nitrogens with zero attached hydrogens (tertiary/aromatic N) is 2. The number of benzene rings is 1. The second-order valence-corrected chi connectivity index (χ2v) is 7.46. The van der Waals surface area contributed by atoms with Crippen molar-refractivity contribution in [2.24, 2.45) is 0 Å². The largest absolute Gasteiger partial charge is 0.469 e. The summed E-state index contributed by atoms with van der Waals surface area (Å²) in [6.07, 6.45) is 2.39. The van der Waals surface area contributed by atoms with Crippen molar-refractivity contribution in [3.8, 4) is 0 Å². The molecule has 0 saturated carbocycles. The number of rotatable bonds is 4. The van der Waals surface area contributed by atoms with Gasteiger partial charge in [-0.3, -0.25) is 14.9 Å². The number of aromatic nitrogens is 1. The third kappa shape index (κ3) is 3.48. The van der Waals surface area contributed by atoms with Crippen molar-refractivity contribution in [2.45, 2.75) is 19.8 Å². The van der Waals surface area contributed by atoms with Crippen molar-refractivity contribution in [1.29, 1.82) is 0 Å². The second kappa shape index (κ2) is 7.17. The maximum atomic E-state index is 12.7. The van der Waals surface area contributed by atoms with Crippen LogP contribution in [-0.4, -0.2) is 23.3 Å². The smallest absolute Gasteiger partial charge is 0.260 e. The lowest BCUT2D eigenvalue weighted by molar-refractivity contribution is -0.117. The van der Waals surface area contributed by atoms with E-state index < -0.39 is 0 Å². The van der Waals surface area contributed by atoms with E-state index in [-0.39, 0.29) is 18.2 Å². The molecule has 3 heterocycles. The van der Waals surface area contributed by atoms with Crippen molar-refractivity contribution in [3.05, 3.63) is 63.5 Å². The molecule has 0 saturated heterocycles. The fourth-order valence-electron chi connectivity index (χ4n) is 3.13. The van der Waals surface area contributed by atoms with Gasteiger partial charge in [0.05, 0.1) is 23.9 Å². The molecule has 1 N–H and O–H groups in total. The number of halogens is 1. The highest BCUT2D eigenvalue weighted by atomic mass is 35.5. The number of amides is 2. The summed E-state index contributed by atoms with van der Waals surface area (Å²) in [5, 5.41) is 5.66. The highest BCUT2D eigenvalue weighted by Crippen LogP contribution is 2.33. The van der Waals surface area contributed by atoms with E-state index in [4.69, 9.17) is 16.0 Å². The molecule has 8 heteroatoms. The summed E-state index contributed by atoms with van der Waals surface area (Å²) in [5.74, 6) is 0.229. The predicted molar refractivity (Wildman–Crippen MR) is 105 cm³/mol. The number of fused-ring (bicyclic) bond motifs is 1. The first-order chi connectivity index (χ1) is 13.0. The van der Waals surface area contributed by atoms with Crippen molar-refractivity contribution >= 4 is 45.6 Å². The van der Waals surface area contributed by atoms with E-state index in [1.54, 1.807) is 23.3 Å². The molecule has 27 heavy (non-hydrogen) atoms. The van der Waals surface area contributed by atoms with Gasteiger partial charge >= 0.3 is 0 Å². The van der Waals surface area contributed by atoms with Gasteiger partial charge in [0, 0.05) is 22.6 Å². The minimum Gasteiger partial charge on any atom is -0.469 e. The Morgan fingerprint density at radius 1 is 1.37 bits per heavy atom. The number of furan rings is 1. The molecule has 4 rings (SSSR count). The average molecular weight is 402 g/mol. The molecule has 0 radical (unpaired) electrons. The molecule has 0 spiro atoms. The number of nitrogens with one attached hydrogen (secondary N) is 1. The van der Waals surface area contributed by atoms with Crippen LogP contribution in [0, 0.1) is 6.92 Å². The maximum absolute atomic E-state index is 12.7. The van der Waals surface area contributed by atoms with E-state index >= 15 is 0 Å².